The number of nitrogens with two attached hydrogens (primary N) is 1. The van der Waals surface area contributed by atoms with E-state index in [4.69, 9.17) is 10.5 Å². The summed E-state index contributed by atoms with van der Waals surface area (Å²) in [5, 5.41) is 0. The molecule has 0 aromatic carbocycles. The van der Waals surface area contributed by atoms with Gasteiger partial charge in [0.25, 0.3) is 0 Å². The third kappa shape index (κ3) is 3.12. The summed E-state index contributed by atoms with van der Waals surface area (Å²) in [5.74, 6) is 1.30. The molecule has 1 aromatic rings. The van der Waals surface area contributed by atoms with E-state index < -0.39 is 0 Å². The molecule has 20 heavy (non-hydrogen) atoms. The molecule has 1 saturated heterocycles. The Hall–Kier alpha value is -1.56. The molecule has 1 atom stereocenters. The van der Waals surface area contributed by atoms with E-state index in [2.05, 4.69) is 33.7 Å². The zero-order valence-electron chi connectivity index (χ0n) is 12.7. The SMILES string of the molecule is CCOc1ncnc(N2CCCN(C)CC2CC)c1N. The second-order valence-electron chi connectivity index (χ2n) is 5.22. The van der Waals surface area contributed by atoms with Crippen LogP contribution in [0.25, 0.3) is 0 Å². The smallest absolute Gasteiger partial charge is 0.242 e. The van der Waals surface area contributed by atoms with Crippen molar-refractivity contribution in [3.05, 3.63) is 6.33 Å². The second kappa shape index (κ2) is 6.74. The lowest BCUT2D eigenvalue weighted by Crippen LogP contribution is -2.40. The first-order valence-electron chi connectivity index (χ1n) is 7.35. The Morgan fingerprint density at radius 2 is 2.15 bits per heavy atom. The standard InChI is InChI=1S/C14H25N5O/c1-4-11-9-18(3)7-6-8-19(11)13-12(15)14(20-5-2)17-10-16-13/h10-11H,4-9,15H2,1-3H3. The van der Waals surface area contributed by atoms with E-state index in [9.17, 15) is 0 Å². The molecule has 1 aliphatic heterocycles. The fourth-order valence-electron chi connectivity index (χ4n) is 2.72. The van der Waals surface area contributed by atoms with E-state index in [0.29, 0.717) is 24.2 Å². The molecule has 6 heteroatoms. The minimum absolute atomic E-state index is 0.425. The predicted molar refractivity (Wildman–Crippen MR) is 81.2 cm³/mol. The molecular weight excluding hydrogens is 254 g/mol. The van der Waals surface area contributed by atoms with Gasteiger partial charge < -0.3 is 20.3 Å². The van der Waals surface area contributed by atoms with Crippen LogP contribution in [0.4, 0.5) is 11.5 Å². The predicted octanol–water partition coefficient (Wildman–Crippen LogP) is 1.38. The number of nitrogens with zero attached hydrogens (tertiary/aromatic N) is 4. The fourth-order valence-corrected chi connectivity index (χ4v) is 2.72. The van der Waals surface area contributed by atoms with E-state index in [1.807, 2.05) is 6.92 Å². The Bertz CT molecular complexity index is 440. The highest BCUT2D eigenvalue weighted by atomic mass is 16.5. The summed E-state index contributed by atoms with van der Waals surface area (Å²) in [6.07, 6.45) is 3.72. The van der Waals surface area contributed by atoms with Crippen LogP contribution in [0.5, 0.6) is 5.88 Å². The van der Waals surface area contributed by atoms with Crippen molar-refractivity contribution in [2.45, 2.75) is 32.7 Å². The number of hydrogen-bond donors (Lipinski definition) is 1. The summed E-state index contributed by atoms with van der Waals surface area (Å²) in [7, 11) is 2.17. The van der Waals surface area contributed by atoms with Crippen molar-refractivity contribution >= 4 is 11.5 Å². The first-order valence-corrected chi connectivity index (χ1v) is 7.35. The van der Waals surface area contributed by atoms with Gasteiger partial charge in [-0.2, -0.15) is 4.98 Å². The van der Waals surface area contributed by atoms with Gasteiger partial charge in [-0.3, -0.25) is 0 Å². The van der Waals surface area contributed by atoms with Gasteiger partial charge in [-0.25, -0.2) is 4.98 Å². The normalized spacial score (nSPS) is 20.8. The summed E-state index contributed by atoms with van der Waals surface area (Å²) >= 11 is 0. The maximum atomic E-state index is 6.20. The second-order valence-corrected chi connectivity index (χ2v) is 5.22. The maximum Gasteiger partial charge on any atom is 0.242 e. The van der Waals surface area contributed by atoms with Crippen LogP contribution in [0.3, 0.4) is 0 Å². The number of ether oxygens (including phenoxy) is 1. The molecule has 0 radical (unpaired) electrons. The van der Waals surface area contributed by atoms with Crippen LogP contribution in [0.2, 0.25) is 0 Å². The summed E-state index contributed by atoms with van der Waals surface area (Å²) < 4.78 is 5.48. The van der Waals surface area contributed by atoms with Crippen LogP contribution in [0.1, 0.15) is 26.7 Å². The molecule has 0 spiro atoms. The minimum atomic E-state index is 0.425. The molecule has 6 nitrogen and oxygen atoms in total. The largest absolute Gasteiger partial charge is 0.476 e. The van der Waals surface area contributed by atoms with Crippen molar-refractivity contribution in [3.8, 4) is 5.88 Å². The highest BCUT2D eigenvalue weighted by Gasteiger charge is 2.25. The molecule has 112 valence electrons. The molecule has 0 aliphatic carbocycles. The van der Waals surface area contributed by atoms with Gasteiger partial charge in [-0.1, -0.05) is 6.92 Å². The van der Waals surface area contributed by atoms with Crippen molar-refractivity contribution in [2.75, 3.05) is 43.9 Å². The fraction of sp³-hybridized carbons (Fsp3) is 0.714. The molecule has 0 bridgehead atoms. The quantitative estimate of drug-likeness (QED) is 0.898. The van der Waals surface area contributed by atoms with Crippen molar-refractivity contribution in [3.63, 3.8) is 0 Å². The zero-order chi connectivity index (χ0) is 14.5. The number of anilines is 2. The molecule has 1 unspecified atom stereocenters. The van der Waals surface area contributed by atoms with E-state index in [0.717, 1.165) is 38.3 Å². The highest BCUT2D eigenvalue weighted by Crippen LogP contribution is 2.30. The maximum absolute atomic E-state index is 6.20. The van der Waals surface area contributed by atoms with Crippen LogP contribution < -0.4 is 15.4 Å². The van der Waals surface area contributed by atoms with Gasteiger partial charge in [0.05, 0.1) is 6.61 Å². The first kappa shape index (κ1) is 14.8. The molecule has 1 aliphatic rings. The van der Waals surface area contributed by atoms with Gasteiger partial charge in [-0.15, -0.1) is 0 Å². The number of nitrogen functional groups attached to an aromatic ring is 1. The van der Waals surface area contributed by atoms with E-state index in [1.54, 1.807) is 0 Å². The van der Waals surface area contributed by atoms with Crippen LogP contribution in [0, 0.1) is 0 Å². The third-order valence-electron chi connectivity index (χ3n) is 3.75. The van der Waals surface area contributed by atoms with Crippen LogP contribution in [-0.2, 0) is 0 Å². The summed E-state index contributed by atoms with van der Waals surface area (Å²) in [4.78, 5) is 13.2. The van der Waals surface area contributed by atoms with E-state index in [-0.39, 0.29) is 0 Å². The number of aromatic nitrogens is 2. The van der Waals surface area contributed by atoms with E-state index in [1.165, 1.54) is 6.33 Å². The number of hydrogen-bond acceptors (Lipinski definition) is 6. The average Bonchev–Trinajstić information content (AvgIpc) is 2.63. The van der Waals surface area contributed by atoms with Crippen LogP contribution >= 0.6 is 0 Å². The summed E-state index contributed by atoms with van der Waals surface area (Å²) in [5.41, 5.74) is 6.75. The molecule has 2 heterocycles. The highest BCUT2D eigenvalue weighted by molar-refractivity contribution is 5.68. The Morgan fingerprint density at radius 3 is 2.85 bits per heavy atom. The number of rotatable bonds is 4. The Kier molecular flexibility index (Phi) is 5.00. The average molecular weight is 279 g/mol. The Labute approximate surface area is 120 Å². The van der Waals surface area contributed by atoms with Crippen LogP contribution in [0.15, 0.2) is 6.33 Å². The third-order valence-corrected chi connectivity index (χ3v) is 3.75. The molecule has 0 saturated carbocycles. The topological polar surface area (TPSA) is 67.5 Å². The molecule has 2 N–H and O–H groups in total. The van der Waals surface area contributed by atoms with Crippen molar-refractivity contribution in [1.29, 1.82) is 0 Å². The molecule has 0 amide bonds. The Balaban J connectivity index is 2.30. The van der Waals surface area contributed by atoms with Gasteiger partial charge in [0.2, 0.25) is 5.88 Å². The first-order chi connectivity index (χ1) is 9.67. The van der Waals surface area contributed by atoms with Gasteiger partial charge >= 0.3 is 0 Å². The monoisotopic (exact) mass is 279 g/mol. The number of likely N-dealkylation sites (N-methyl/N-ethyl adjacent to an activating group) is 1. The van der Waals surface area contributed by atoms with Crippen molar-refractivity contribution < 1.29 is 4.74 Å². The lowest BCUT2D eigenvalue weighted by molar-refractivity contribution is 0.325. The lowest BCUT2D eigenvalue weighted by atomic mass is 10.2. The van der Waals surface area contributed by atoms with Gasteiger partial charge in [0, 0.05) is 19.1 Å². The van der Waals surface area contributed by atoms with Crippen molar-refractivity contribution in [2.24, 2.45) is 0 Å². The van der Waals surface area contributed by atoms with Gasteiger partial charge in [-0.05, 0) is 33.4 Å². The molecule has 1 fully saturated rings. The summed E-state index contributed by atoms with van der Waals surface area (Å²) in [6, 6.07) is 0.425. The molecule has 1 aromatic heterocycles. The van der Waals surface area contributed by atoms with E-state index >= 15 is 0 Å². The Morgan fingerprint density at radius 1 is 1.35 bits per heavy atom. The van der Waals surface area contributed by atoms with Crippen molar-refractivity contribution in [1.82, 2.24) is 14.9 Å². The molecular formula is C14H25N5O. The lowest BCUT2D eigenvalue weighted by Gasteiger charge is -2.32. The van der Waals surface area contributed by atoms with Crippen LogP contribution in [-0.4, -0.2) is 54.2 Å². The van der Waals surface area contributed by atoms with Gasteiger partial charge in [0.15, 0.2) is 5.82 Å². The van der Waals surface area contributed by atoms with Gasteiger partial charge in [0.1, 0.15) is 12.0 Å². The zero-order valence-corrected chi connectivity index (χ0v) is 12.7. The minimum Gasteiger partial charge on any atom is -0.476 e. The summed E-state index contributed by atoms with van der Waals surface area (Å²) in [6.45, 7) is 7.80. The molecule has 2 rings (SSSR count).